The molecule has 3 rings (SSSR count). The van der Waals surface area contributed by atoms with Crippen molar-refractivity contribution in [3.8, 4) is 5.88 Å². The molecule has 2 heterocycles. The number of nitrogens with zero attached hydrogens (tertiary/aromatic N) is 1. The van der Waals surface area contributed by atoms with Crippen molar-refractivity contribution in [2.45, 2.75) is 19.4 Å². The number of anilines is 1. The largest absolute Gasteiger partial charge is 0.474 e. The number of hydrogen-bond acceptors (Lipinski definition) is 6. The van der Waals surface area contributed by atoms with Crippen LogP contribution in [0.4, 0.5) is 10.1 Å². The molecular formula is C17H19FN2O4S. The zero-order chi connectivity index (χ0) is 18.0. The van der Waals surface area contributed by atoms with E-state index in [4.69, 9.17) is 4.74 Å². The van der Waals surface area contributed by atoms with Crippen molar-refractivity contribution in [1.29, 1.82) is 0 Å². The number of nitrogens with one attached hydrogen (secondary N) is 1. The summed E-state index contributed by atoms with van der Waals surface area (Å²) in [5.41, 5.74) is 3.37. The first-order valence-corrected chi connectivity index (χ1v) is 9.36. The smallest absolute Gasteiger partial charge is 0.269 e. The second-order valence-corrected chi connectivity index (χ2v) is 7.71. The summed E-state index contributed by atoms with van der Waals surface area (Å²) >= 11 is 0. The Morgan fingerprint density at radius 1 is 1.36 bits per heavy atom. The Morgan fingerprint density at radius 3 is 2.76 bits per heavy atom. The van der Waals surface area contributed by atoms with E-state index in [-0.39, 0.29) is 18.2 Å². The van der Waals surface area contributed by atoms with E-state index in [1.54, 1.807) is 12.1 Å². The molecule has 1 atom stereocenters. The van der Waals surface area contributed by atoms with Crippen molar-refractivity contribution in [3.05, 3.63) is 53.0 Å². The van der Waals surface area contributed by atoms with Crippen LogP contribution < -0.4 is 10.1 Å². The second kappa shape index (κ2) is 6.97. The molecule has 0 aliphatic carbocycles. The fraction of sp³-hybridized carbons (Fsp3) is 0.353. The monoisotopic (exact) mass is 366 g/mol. The van der Waals surface area contributed by atoms with E-state index in [2.05, 4.69) is 14.5 Å². The van der Waals surface area contributed by atoms with E-state index in [1.165, 1.54) is 12.1 Å². The SMILES string of the molecule is COS(=O)(=O)C[C@H]1COc2nc(C)c(Cc3ccc(F)cc3)cc2N1. The number of fused-ring (bicyclic) bond motifs is 1. The third kappa shape index (κ3) is 4.26. The molecule has 25 heavy (non-hydrogen) atoms. The molecule has 0 fully saturated rings. The van der Waals surface area contributed by atoms with Gasteiger partial charge in [0.1, 0.15) is 12.4 Å². The van der Waals surface area contributed by atoms with E-state index in [1.807, 2.05) is 13.0 Å². The summed E-state index contributed by atoms with van der Waals surface area (Å²) in [6, 6.07) is 7.78. The molecule has 0 saturated heterocycles. The van der Waals surface area contributed by atoms with Crippen LogP contribution in [0.5, 0.6) is 5.88 Å². The number of aryl methyl sites for hydroxylation is 1. The number of pyridine rings is 1. The predicted molar refractivity (Wildman–Crippen MR) is 91.9 cm³/mol. The molecule has 134 valence electrons. The number of rotatable bonds is 5. The first-order valence-electron chi connectivity index (χ1n) is 7.79. The molecule has 0 saturated carbocycles. The summed E-state index contributed by atoms with van der Waals surface area (Å²) in [7, 11) is -2.45. The Hall–Kier alpha value is -2.19. The van der Waals surface area contributed by atoms with Gasteiger partial charge in [-0.1, -0.05) is 12.1 Å². The first kappa shape index (κ1) is 17.6. The molecule has 0 radical (unpaired) electrons. The lowest BCUT2D eigenvalue weighted by molar-refractivity contribution is 0.277. The van der Waals surface area contributed by atoms with Gasteiger partial charge >= 0.3 is 0 Å². The summed E-state index contributed by atoms with van der Waals surface area (Å²) in [5.74, 6) is -0.0166. The van der Waals surface area contributed by atoms with Crippen molar-refractivity contribution in [1.82, 2.24) is 4.98 Å². The lowest BCUT2D eigenvalue weighted by Crippen LogP contribution is -2.38. The molecule has 1 aromatic heterocycles. The zero-order valence-electron chi connectivity index (χ0n) is 14.0. The van der Waals surface area contributed by atoms with Crippen molar-refractivity contribution in [3.63, 3.8) is 0 Å². The maximum atomic E-state index is 13.0. The van der Waals surface area contributed by atoms with Gasteiger partial charge in [-0.2, -0.15) is 8.42 Å². The maximum absolute atomic E-state index is 13.0. The van der Waals surface area contributed by atoms with Gasteiger partial charge in [-0.15, -0.1) is 0 Å². The average Bonchev–Trinajstić information content (AvgIpc) is 2.57. The summed E-state index contributed by atoms with van der Waals surface area (Å²) in [5, 5.41) is 3.14. The highest BCUT2D eigenvalue weighted by atomic mass is 32.2. The van der Waals surface area contributed by atoms with Crippen LogP contribution in [-0.2, 0) is 20.7 Å². The van der Waals surface area contributed by atoms with Crippen LogP contribution in [0.25, 0.3) is 0 Å². The highest BCUT2D eigenvalue weighted by Gasteiger charge is 2.26. The van der Waals surface area contributed by atoms with E-state index < -0.39 is 16.2 Å². The average molecular weight is 366 g/mol. The Balaban J connectivity index is 1.81. The number of benzene rings is 1. The van der Waals surface area contributed by atoms with E-state index >= 15 is 0 Å². The van der Waals surface area contributed by atoms with Crippen molar-refractivity contribution in [2.24, 2.45) is 0 Å². The topological polar surface area (TPSA) is 77.5 Å². The molecule has 0 spiro atoms. The third-order valence-corrected chi connectivity index (χ3v) is 5.35. The Kier molecular flexibility index (Phi) is 4.91. The summed E-state index contributed by atoms with van der Waals surface area (Å²) in [6.07, 6.45) is 0.592. The van der Waals surface area contributed by atoms with Crippen LogP contribution >= 0.6 is 0 Å². The minimum Gasteiger partial charge on any atom is -0.474 e. The summed E-state index contributed by atoms with van der Waals surface area (Å²) in [6.45, 7) is 2.07. The highest BCUT2D eigenvalue weighted by molar-refractivity contribution is 7.86. The standard InChI is InChI=1S/C17H19FN2O4S/c1-11-13(7-12-3-5-14(18)6-4-12)8-16-17(19-11)24-9-15(20-16)10-25(21,22)23-2/h3-6,8,15,20H,7,9-10H2,1-2H3/t15-/m1/s1. The van der Waals surface area contributed by atoms with Crippen molar-refractivity contribution in [2.75, 3.05) is 24.8 Å². The molecule has 0 amide bonds. The van der Waals surface area contributed by atoms with Gasteiger partial charge in [0.15, 0.2) is 0 Å². The van der Waals surface area contributed by atoms with Gasteiger partial charge in [0.05, 0.1) is 24.6 Å². The Morgan fingerprint density at radius 2 is 2.08 bits per heavy atom. The number of halogens is 1. The minimum absolute atomic E-state index is 0.190. The zero-order valence-corrected chi connectivity index (χ0v) is 14.8. The molecule has 0 bridgehead atoms. The molecule has 2 aromatic rings. The van der Waals surface area contributed by atoms with E-state index in [0.717, 1.165) is 23.9 Å². The van der Waals surface area contributed by atoms with Crippen LogP contribution in [0.15, 0.2) is 30.3 Å². The lowest BCUT2D eigenvalue weighted by atomic mass is 10.0. The van der Waals surface area contributed by atoms with Crippen LogP contribution in [0.3, 0.4) is 0 Å². The quantitative estimate of drug-likeness (QED) is 0.818. The predicted octanol–water partition coefficient (Wildman–Crippen LogP) is 2.27. The van der Waals surface area contributed by atoms with Gasteiger partial charge in [-0.3, -0.25) is 4.18 Å². The fourth-order valence-electron chi connectivity index (χ4n) is 2.68. The molecule has 8 heteroatoms. The molecular weight excluding hydrogens is 347 g/mol. The first-order chi connectivity index (χ1) is 11.9. The fourth-order valence-corrected chi connectivity index (χ4v) is 3.49. The van der Waals surface area contributed by atoms with E-state index in [9.17, 15) is 12.8 Å². The third-order valence-electron chi connectivity index (χ3n) is 4.03. The molecule has 1 aliphatic rings. The maximum Gasteiger partial charge on any atom is 0.269 e. The van der Waals surface area contributed by atoms with Gasteiger partial charge in [-0.05, 0) is 42.7 Å². The summed E-state index contributed by atoms with van der Waals surface area (Å²) < 4.78 is 46.3. The second-order valence-electron chi connectivity index (χ2n) is 5.93. The normalized spacial score (nSPS) is 16.7. The minimum atomic E-state index is -3.59. The molecule has 0 unspecified atom stereocenters. The van der Waals surface area contributed by atoms with Gasteiger partial charge in [-0.25, -0.2) is 9.37 Å². The Bertz CT molecular complexity index is 869. The van der Waals surface area contributed by atoms with Gasteiger partial charge in [0.2, 0.25) is 5.88 Å². The van der Waals surface area contributed by atoms with Gasteiger partial charge in [0, 0.05) is 5.69 Å². The number of hydrogen-bond donors (Lipinski definition) is 1. The van der Waals surface area contributed by atoms with Crippen LogP contribution in [0.1, 0.15) is 16.8 Å². The van der Waals surface area contributed by atoms with Gasteiger partial charge in [0.25, 0.3) is 10.1 Å². The summed E-state index contributed by atoms with van der Waals surface area (Å²) in [4.78, 5) is 4.44. The molecule has 1 N–H and O–H groups in total. The van der Waals surface area contributed by atoms with Crippen molar-refractivity contribution < 1.29 is 21.7 Å². The van der Waals surface area contributed by atoms with E-state index in [0.29, 0.717) is 18.0 Å². The van der Waals surface area contributed by atoms with Gasteiger partial charge < -0.3 is 10.1 Å². The molecule has 6 nitrogen and oxygen atoms in total. The lowest BCUT2D eigenvalue weighted by Gasteiger charge is -2.27. The molecule has 1 aliphatic heterocycles. The molecule has 1 aromatic carbocycles. The Labute approximate surface area is 146 Å². The van der Waals surface area contributed by atoms with Crippen molar-refractivity contribution >= 4 is 15.8 Å². The van der Waals surface area contributed by atoms with Crippen LogP contribution in [0, 0.1) is 12.7 Å². The van der Waals surface area contributed by atoms with Crippen LogP contribution in [0.2, 0.25) is 0 Å². The number of aromatic nitrogens is 1. The highest BCUT2D eigenvalue weighted by Crippen LogP contribution is 2.30. The van der Waals surface area contributed by atoms with Crippen LogP contribution in [-0.4, -0.2) is 38.9 Å². The number of ether oxygens (including phenoxy) is 1.